The molecule has 0 bridgehead atoms. The zero-order chi connectivity index (χ0) is 13.8. The van der Waals surface area contributed by atoms with Gasteiger partial charge in [0.1, 0.15) is 5.82 Å². The van der Waals surface area contributed by atoms with Crippen LogP contribution in [0.25, 0.3) is 0 Å². The van der Waals surface area contributed by atoms with Crippen LogP contribution in [0.5, 0.6) is 0 Å². The van der Waals surface area contributed by atoms with Crippen LogP contribution in [0.4, 0.5) is 10.8 Å². The standard InChI is InChI=1S/C14H20N4S/c1-4-18(9-11-5-7-12(15)8-6-11)14-16-13(10(2)3)17-19-14/h5-8,10H,4,9,15H2,1-3H3. The molecule has 2 N–H and O–H groups in total. The first-order valence-corrected chi connectivity index (χ1v) is 7.30. The fourth-order valence-corrected chi connectivity index (χ4v) is 2.62. The third-order valence-corrected chi connectivity index (χ3v) is 3.74. The van der Waals surface area contributed by atoms with E-state index in [4.69, 9.17) is 5.73 Å². The maximum Gasteiger partial charge on any atom is 0.205 e. The summed E-state index contributed by atoms with van der Waals surface area (Å²) in [6.07, 6.45) is 0. The summed E-state index contributed by atoms with van der Waals surface area (Å²) in [5, 5.41) is 0.989. The minimum absolute atomic E-state index is 0.375. The Morgan fingerprint density at radius 1 is 1.26 bits per heavy atom. The molecule has 2 rings (SSSR count). The minimum Gasteiger partial charge on any atom is -0.399 e. The van der Waals surface area contributed by atoms with Crippen LogP contribution in [0.2, 0.25) is 0 Å². The Morgan fingerprint density at radius 2 is 1.95 bits per heavy atom. The molecule has 5 heteroatoms. The average Bonchev–Trinajstić information content (AvgIpc) is 2.88. The Balaban J connectivity index is 2.12. The topological polar surface area (TPSA) is 55.0 Å². The van der Waals surface area contributed by atoms with Gasteiger partial charge in [0.15, 0.2) is 0 Å². The van der Waals surface area contributed by atoms with E-state index in [0.717, 1.165) is 29.7 Å². The van der Waals surface area contributed by atoms with Gasteiger partial charge in [0.2, 0.25) is 5.13 Å². The first-order chi connectivity index (χ1) is 9.10. The molecule has 102 valence electrons. The maximum atomic E-state index is 5.70. The van der Waals surface area contributed by atoms with Crippen molar-refractivity contribution in [2.24, 2.45) is 0 Å². The Labute approximate surface area is 118 Å². The normalized spacial score (nSPS) is 10.9. The van der Waals surface area contributed by atoms with Gasteiger partial charge in [0.05, 0.1) is 0 Å². The molecule has 0 aliphatic carbocycles. The number of nitrogens with two attached hydrogens (primary N) is 1. The molecule has 19 heavy (non-hydrogen) atoms. The summed E-state index contributed by atoms with van der Waals surface area (Å²) in [6, 6.07) is 7.98. The summed E-state index contributed by atoms with van der Waals surface area (Å²) in [6.45, 7) is 8.11. The zero-order valence-corrected chi connectivity index (χ0v) is 12.4. The van der Waals surface area contributed by atoms with Gasteiger partial charge in [-0.1, -0.05) is 26.0 Å². The molecule has 1 aromatic heterocycles. The van der Waals surface area contributed by atoms with Crippen molar-refractivity contribution in [3.8, 4) is 0 Å². The van der Waals surface area contributed by atoms with E-state index in [-0.39, 0.29) is 0 Å². The summed E-state index contributed by atoms with van der Waals surface area (Å²) < 4.78 is 4.41. The third-order valence-electron chi connectivity index (χ3n) is 2.95. The second-order valence-corrected chi connectivity index (χ2v) is 5.58. The molecule has 1 aromatic carbocycles. The van der Waals surface area contributed by atoms with E-state index < -0.39 is 0 Å². The van der Waals surface area contributed by atoms with Crippen molar-refractivity contribution >= 4 is 22.4 Å². The van der Waals surface area contributed by atoms with Gasteiger partial charge in [-0.3, -0.25) is 0 Å². The predicted molar refractivity (Wildman–Crippen MR) is 81.6 cm³/mol. The van der Waals surface area contributed by atoms with Gasteiger partial charge in [0, 0.05) is 36.2 Å². The quantitative estimate of drug-likeness (QED) is 0.852. The van der Waals surface area contributed by atoms with Gasteiger partial charge in [-0.25, -0.2) is 4.98 Å². The van der Waals surface area contributed by atoms with Crippen molar-refractivity contribution in [1.29, 1.82) is 0 Å². The molecule has 0 aliphatic heterocycles. The van der Waals surface area contributed by atoms with Crippen molar-refractivity contribution in [3.05, 3.63) is 35.7 Å². The monoisotopic (exact) mass is 276 g/mol. The lowest BCUT2D eigenvalue weighted by atomic mass is 10.2. The van der Waals surface area contributed by atoms with Gasteiger partial charge < -0.3 is 10.6 Å². The molecule has 1 heterocycles. The molecular formula is C14H20N4S. The lowest BCUT2D eigenvalue weighted by Gasteiger charge is -2.19. The van der Waals surface area contributed by atoms with Crippen LogP contribution in [0, 0.1) is 0 Å². The fraction of sp³-hybridized carbons (Fsp3) is 0.429. The Bertz CT molecular complexity index is 518. The van der Waals surface area contributed by atoms with E-state index in [2.05, 4.69) is 47.2 Å². The number of hydrogen-bond donors (Lipinski definition) is 1. The van der Waals surface area contributed by atoms with Crippen LogP contribution in [-0.4, -0.2) is 15.9 Å². The van der Waals surface area contributed by atoms with Gasteiger partial charge in [0.25, 0.3) is 0 Å². The Morgan fingerprint density at radius 3 is 2.47 bits per heavy atom. The SMILES string of the molecule is CCN(Cc1ccc(N)cc1)c1nc(C(C)C)ns1. The van der Waals surface area contributed by atoms with Crippen LogP contribution in [0.1, 0.15) is 38.1 Å². The third kappa shape index (κ3) is 3.44. The minimum atomic E-state index is 0.375. The van der Waals surface area contributed by atoms with E-state index >= 15 is 0 Å². The van der Waals surface area contributed by atoms with Gasteiger partial charge in [-0.15, -0.1) is 0 Å². The number of hydrogen-bond acceptors (Lipinski definition) is 5. The van der Waals surface area contributed by atoms with E-state index in [9.17, 15) is 0 Å². The molecule has 0 fully saturated rings. The summed E-state index contributed by atoms with van der Waals surface area (Å²) in [4.78, 5) is 6.83. The average molecular weight is 276 g/mol. The lowest BCUT2D eigenvalue weighted by molar-refractivity contribution is 0.779. The van der Waals surface area contributed by atoms with Gasteiger partial charge >= 0.3 is 0 Å². The molecule has 0 atom stereocenters. The summed E-state index contributed by atoms with van der Waals surface area (Å²) in [5.41, 5.74) is 7.73. The van der Waals surface area contributed by atoms with Gasteiger partial charge in [-0.05, 0) is 24.6 Å². The molecule has 4 nitrogen and oxygen atoms in total. The highest BCUT2D eigenvalue weighted by atomic mass is 32.1. The number of nitrogens with zero attached hydrogens (tertiary/aromatic N) is 3. The highest BCUT2D eigenvalue weighted by molar-refractivity contribution is 7.09. The summed E-state index contributed by atoms with van der Waals surface area (Å²) in [5.74, 6) is 1.30. The van der Waals surface area contributed by atoms with E-state index in [0.29, 0.717) is 5.92 Å². The molecule has 0 saturated heterocycles. The summed E-state index contributed by atoms with van der Waals surface area (Å²) >= 11 is 1.47. The van der Waals surface area contributed by atoms with Crippen LogP contribution in [-0.2, 0) is 6.54 Å². The van der Waals surface area contributed by atoms with Crippen LogP contribution in [0.3, 0.4) is 0 Å². The molecule has 0 aliphatic rings. The van der Waals surface area contributed by atoms with Crippen LogP contribution >= 0.6 is 11.5 Å². The van der Waals surface area contributed by atoms with Crippen molar-refractivity contribution in [2.75, 3.05) is 17.2 Å². The molecule has 0 amide bonds. The van der Waals surface area contributed by atoms with E-state index in [1.807, 2.05) is 12.1 Å². The number of anilines is 2. The second kappa shape index (κ2) is 6.02. The number of aromatic nitrogens is 2. The Hall–Kier alpha value is -1.62. The van der Waals surface area contributed by atoms with Crippen molar-refractivity contribution < 1.29 is 0 Å². The maximum absolute atomic E-state index is 5.70. The first kappa shape index (κ1) is 13.8. The highest BCUT2D eigenvalue weighted by Gasteiger charge is 2.13. The molecule has 2 aromatic rings. The van der Waals surface area contributed by atoms with E-state index in [1.165, 1.54) is 17.1 Å². The van der Waals surface area contributed by atoms with Crippen LogP contribution < -0.4 is 10.6 Å². The van der Waals surface area contributed by atoms with E-state index in [1.54, 1.807) is 0 Å². The van der Waals surface area contributed by atoms with Crippen molar-refractivity contribution in [3.63, 3.8) is 0 Å². The largest absolute Gasteiger partial charge is 0.399 e. The lowest BCUT2D eigenvalue weighted by Crippen LogP contribution is -2.21. The van der Waals surface area contributed by atoms with Crippen molar-refractivity contribution in [1.82, 2.24) is 9.36 Å². The molecule has 0 radical (unpaired) electrons. The number of nitrogen functional groups attached to an aromatic ring is 1. The highest BCUT2D eigenvalue weighted by Crippen LogP contribution is 2.23. The predicted octanol–water partition coefficient (Wildman–Crippen LogP) is 3.27. The molecular weight excluding hydrogens is 256 g/mol. The zero-order valence-electron chi connectivity index (χ0n) is 11.6. The fourth-order valence-electron chi connectivity index (χ4n) is 1.75. The molecule has 0 saturated carbocycles. The Kier molecular flexibility index (Phi) is 4.37. The molecule has 0 spiro atoms. The van der Waals surface area contributed by atoms with Crippen LogP contribution in [0.15, 0.2) is 24.3 Å². The second-order valence-electron chi connectivity index (χ2n) is 4.85. The first-order valence-electron chi connectivity index (χ1n) is 6.53. The molecule has 0 unspecified atom stereocenters. The van der Waals surface area contributed by atoms with Crippen molar-refractivity contribution in [2.45, 2.75) is 33.2 Å². The van der Waals surface area contributed by atoms with Gasteiger partial charge in [-0.2, -0.15) is 4.37 Å². The smallest absolute Gasteiger partial charge is 0.205 e. The summed E-state index contributed by atoms with van der Waals surface area (Å²) in [7, 11) is 0. The number of rotatable bonds is 5. The number of benzene rings is 1.